The summed E-state index contributed by atoms with van der Waals surface area (Å²) in [7, 11) is 0. The molecule has 1 unspecified atom stereocenters. The molecule has 1 atom stereocenters. The van der Waals surface area contributed by atoms with Crippen LogP contribution >= 0.6 is 15.9 Å². The summed E-state index contributed by atoms with van der Waals surface area (Å²) >= 11 is 3.27. The number of hydrogen-bond donors (Lipinski definition) is 1. The standard InChI is InChI=1S/C10H11BrO3/c11-9-5-7-6(4-10(12)13)2-1-3-8(7)14-9/h5-6H,1-4H2,(H,12,13). The second-order valence-electron chi connectivity index (χ2n) is 3.62. The Balaban J connectivity index is 2.25. The zero-order valence-electron chi connectivity index (χ0n) is 7.62. The summed E-state index contributed by atoms with van der Waals surface area (Å²) < 4.78 is 6.15. The molecule has 1 aromatic heterocycles. The van der Waals surface area contributed by atoms with E-state index in [1.54, 1.807) is 0 Å². The first-order valence-corrected chi connectivity index (χ1v) is 5.46. The number of halogens is 1. The lowest BCUT2D eigenvalue weighted by Gasteiger charge is -2.19. The largest absolute Gasteiger partial charge is 0.481 e. The topological polar surface area (TPSA) is 50.4 Å². The molecule has 1 aromatic rings. The number of aryl methyl sites for hydroxylation is 1. The Morgan fingerprint density at radius 1 is 1.71 bits per heavy atom. The molecule has 2 rings (SSSR count). The number of fused-ring (bicyclic) bond motifs is 1. The van der Waals surface area contributed by atoms with Crippen molar-refractivity contribution in [3.8, 4) is 0 Å². The van der Waals surface area contributed by atoms with Crippen LogP contribution in [0.5, 0.6) is 0 Å². The normalized spacial score (nSPS) is 20.5. The first-order valence-electron chi connectivity index (χ1n) is 4.66. The molecule has 1 aliphatic rings. The van der Waals surface area contributed by atoms with Crippen molar-refractivity contribution in [2.45, 2.75) is 31.6 Å². The van der Waals surface area contributed by atoms with Gasteiger partial charge in [0.1, 0.15) is 5.76 Å². The Labute approximate surface area is 90.2 Å². The van der Waals surface area contributed by atoms with Gasteiger partial charge in [-0.05, 0) is 46.3 Å². The van der Waals surface area contributed by atoms with Crippen molar-refractivity contribution in [3.05, 3.63) is 22.1 Å². The van der Waals surface area contributed by atoms with Gasteiger partial charge in [0.2, 0.25) is 0 Å². The lowest BCUT2D eigenvalue weighted by atomic mass is 9.85. The van der Waals surface area contributed by atoms with Gasteiger partial charge in [0, 0.05) is 6.42 Å². The van der Waals surface area contributed by atoms with Gasteiger partial charge >= 0.3 is 5.97 Å². The molecule has 1 N–H and O–H groups in total. The maximum Gasteiger partial charge on any atom is 0.303 e. The monoisotopic (exact) mass is 258 g/mol. The van der Waals surface area contributed by atoms with Crippen molar-refractivity contribution in [1.29, 1.82) is 0 Å². The fourth-order valence-electron chi connectivity index (χ4n) is 2.04. The van der Waals surface area contributed by atoms with Crippen LogP contribution in [0.4, 0.5) is 0 Å². The van der Waals surface area contributed by atoms with E-state index in [0.29, 0.717) is 4.67 Å². The van der Waals surface area contributed by atoms with Crippen LogP contribution in [0.15, 0.2) is 15.2 Å². The van der Waals surface area contributed by atoms with E-state index in [0.717, 1.165) is 30.6 Å². The maximum atomic E-state index is 10.6. The van der Waals surface area contributed by atoms with Gasteiger partial charge in [0.25, 0.3) is 0 Å². The van der Waals surface area contributed by atoms with Crippen molar-refractivity contribution in [3.63, 3.8) is 0 Å². The zero-order valence-corrected chi connectivity index (χ0v) is 9.21. The Hall–Kier alpha value is -0.770. The van der Waals surface area contributed by atoms with Crippen LogP contribution in [0.3, 0.4) is 0 Å². The molecular weight excluding hydrogens is 248 g/mol. The Morgan fingerprint density at radius 3 is 3.21 bits per heavy atom. The molecule has 14 heavy (non-hydrogen) atoms. The van der Waals surface area contributed by atoms with Gasteiger partial charge in [0.05, 0.1) is 6.42 Å². The summed E-state index contributed by atoms with van der Waals surface area (Å²) in [5.41, 5.74) is 1.07. The molecular formula is C10H11BrO3. The lowest BCUT2D eigenvalue weighted by molar-refractivity contribution is -0.137. The average molecular weight is 259 g/mol. The predicted octanol–water partition coefficient (Wildman–Crippen LogP) is 2.94. The average Bonchev–Trinajstić information content (AvgIpc) is 2.45. The minimum atomic E-state index is -0.736. The second-order valence-corrected chi connectivity index (χ2v) is 4.40. The van der Waals surface area contributed by atoms with Gasteiger partial charge < -0.3 is 9.52 Å². The van der Waals surface area contributed by atoms with E-state index >= 15 is 0 Å². The van der Waals surface area contributed by atoms with Crippen LogP contribution < -0.4 is 0 Å². The van der Waals surface area contributed by atoms with Gasteiger partial charge in [-0.15, -0.1) is 0 Å². The van der Waals surface area contributed by atoms with Crippen LogP contribution in [-0.4, -0.2) is 11.1 Å². The summed E-state index contributed by atoms with van der Waals surface area (Å²) in [5, 5.41) is 8.76. The number of furan rings is 1. The molecule has 1 heterocycles. The predicted molar refractivity (Wildman–Crippen MR) is 54.3 cm³/mol. The van der Waals surface area contributed by atoms with Crippen LogP contribution in [0.1, 0.15) is 36.5 Å². The molecule has 76 valence electrons. The fraction of sp³-hybridized carbons (Fsp3) is 0.500. The first kappa shape index (κ1) is 9.77. The third-order valence-corrected chi connectivity index (χ3v) is 3.02. The molecule has 0 aromatic carbocycles. The maximum absolute atomic E-state index is 10.6. The third-order valence-electron chi connectivity index (χ3n) is 2.63. The fourth-order valence-corrected chi connectivity index (χ4v) is 2.48. The zero-order chi connectivity index (χ0) is 10.1. The molecule has 0 bridgehead atoms. The summed E-state index contributed by atoms with van der Waals surface area (Å²) in [4.78, 5) is 10.6. The van der Waals surface area contributed by atoms with Gasteiger partial charge in [0.15, 0.2) is 4.67 Å². The van der Waals surface area contributed by atoms with Crippen molar-refractivity contribution in [2.24, 2.45) is 0 Å². The smallest absolute Gasteiger partial charge is 0.303 e. The highest BCUT2D eigenvalue weighted by molar-refractivity contribution is 9.10. The van der Waals surface area contributed by atoms with Gasteiger partial charge in [-0.1, -0.05) is 0 Å². The van der Waals surface area contributed by atoms with Crippen molar-refractivity contribution in [2.75, 3.05) is 0 Å². The highest BCUT2D eigenvalue weighted by atomic mass is 79.9. The summed E-state index contributed by atoms with van der Waals surface area (Å²) in [5.74, 6) is 0.348. The number of aliphatic carboxylic acids is 1. The van der Waals surface area contributed by atoms with E-state index in [4.69, 9.17) is 9.52 Å². The molecule has 4 heteroatoms. The molecule has 0 saturated heterocycles. The van der Waals surface area contributed by atoms with Crippen LogP contribution in [0.25, 0.3) is 0 Å². The van der Waals surface area contributed by atoms with E-state index in [2.05, 4.69) is 15.9 Å². The highest BCUT2D eigenvalue weighted by Crippen LogP contribution is 2.37. The summed E-state index contributed by atoms with van der Waals surface area (Å²) in [6.45, 7) is 0. The molecule has 3 nitrogen and oxygen atoms in total. The van der Waals surface area contributed by atoms with Gasteiger partial charge in [-0.2, -0.15) is 0 Å². The molecule has 0 fully saturated rings. The van der Waals surface area contributed by atoms with Crippen molar-refractivity contribution < 1.29 is 14.3 Å². The number of carbonyl (C=O) groups is 1. The number of hydrogen-bond acceptors (Lipinski definition) is 2. The van der Waals surface area contributed by atoms with Crippen LogP contribution in [0, 0.1) is 0 Å². The van der Waals surface area contributed by atoms with E-state index in [1.165, 1.54) is 0 Å². The number of rotatable bonds is 2. The summed E-state index contributed by atoms with van der Waals surface area (Å²) in [6.07, 6.45) is 3.10. The van der Waals surface area contributed by atoms with E-state index in [9.17, 15) is 4.79 Å². The molecule has 0 saturated carbocycles. The quantitative estimate of drug-likeness (QED) is 0.888. The minimum absolute atomic E-state index is 0.131. The molecule has 0 radical (unpaired) electrons. The molecule has 0 aliphatic heterocycles. The van der Waals surface area contributed by atoms with E-state index in [1.807, 2.05) is 6.07 Å². The van der Waals surface area contributed by atoms with Crippen molar-refractivity contribution in [1.82, 2.24) is 0 Å². The second kappa shape index (κ2) is 3.77. The van der Waals surface area contributed by atoms with Gasteiger partial charge in [-0.3, -0.25) is 4.79 Å². The minimum Gasteiger partial charge on any atom is -0.481 e. The van der Waals surface area contributed by atoms with Gasteiger partial charge in [-0.25, -0.2) is 0 Å². The lowest BCUT2D eigenvalue weighted by Crippen LogP contribution is -2.11. The SMILES string of the molecule is O=C(O)CC1CCCc2oc(Br)cc21. The molecule has 0 amide bonds. The highest BCUT2D eigenvalue weighted by Gasteiger charge is 2.25. The molecule has 1 aliphatic carbocycles. The first-order chi connectivity index (χ1) is 6.66. The van der Waals surface area contributed by atoms with E-state index < -0.39 is 5.97 Å². The number of carboxylic acid groups (broad SMARTS) is 1. The number of carboxylic acids is 1. The Morgan fingerprint density at radius 2 is 2.50 bits per heavy atom. The molecule has 0 spiro atoms. The van der Waals surface area contributed by atoms with E-state index in [-0.39, 0.29) is 12.3 Å². The van der Waals surface area contributed by atoms with Crippen molar-refractivity contribution >= 4 is 21.9 Å². The van der Waals surface area contributed by atoms with Crippen LogP contribution in [0.2, 0.25) is 0 Å². The third kappa shape index (κ3) is 1.85. The Kier molecular flexibility index (Phi) is 2.63. The summed E-state index contributed by atoms with van der Waals surface area (Å²) in [6, 6.07) is 1.90. The Bertz CT molecular complexity index is 356. The van der Waals surface area contributed by atoms with Crippen LogP contribution in [-0.2, 0) is 11.2 Å².